The van der Waals surface area contributed by atoms with Crippen LogP contribution in [0.4, 0.5) is 0 Å². The molecule has 0 heterocycles. The summed E-state index contributed by atoms with van der Waals surface area (Å²) in [5.41, 5.74) is 6.47. The molecule has 0 radical (unpaired) electrons. The third kappa shape index (κ3) is 4.54. The van der Waals surface area contributed by atoms with Gasteiger partial charge in [0, 0.05) is 5.56 Å². The van der Waals surface area contributed by atoms with Gasteiger partial charge in [-0.25, -0.2) is 5.43 Å². The van der Waals surface area contributed by atoms with E-state index in [9.17, 15) is 4.79 Å². The molecule has 0 aromatic heterocycles. The number of carbonyl (C=O) groups is 1. The maximum atomic E-state index is 12.3. The molecular formula is C21H26N2O. The van der Waals surface area contributed by atoms with Crippen LogP contribution in [0.1, 0.15) is 56.1 Å². The Kier molecular flexibility index (Phi) is 5.55. The average Bonchev–Trinajstić information content (AvgIpc) is 2.55. The summed E-state index contributed by atoms with van der Waals surface area (Å²) in [6, 6.07) is 17.6. The third-order valence-electron chi connectivity index (χ3n) is 3.91. The maximum absolute atomic E-state index is 12.3. The van der Waals surface area contributed by atoms with Gasteiger partial charge in [0.05, 0.1) is 5.71 Å². The smallest absolute Gasteiger partial charge is 0.267 e. The van der Waals surface area contributed by atoms with Gasteiger partial charge in [0.25, 0.3) is 5.91 Å². The third-order valence-corrected chi connectivity index (χ3v) is 3.91. The van der Waals surface area contributed by atoms with Crippen LogP contribution in [0.15, 0.2) is 59.7 Å². The monoisotopic (exact) mass is 322 g/mol. The summed E-state index contributed by atoms with van der Waals surface area (Å²) >= 11 is 0. The molecule has 1 amide bonds. The van der Waals surface area contributed by atoms with Gasteiger partial charge in [0.2, 0.25) is 0 Å². The van der Waals surface area contributed by atoms with E-state index in [0.717, 1.165) is 11.3 Å². The van der Waals surface area contributed by atoms with E-state index in [1.807, 2.05) is 54.6 Å². The summed E-state index contributed by atoms with van der Waals surface area (Å²) < 4.78 is 0. The van der Waals surface area contributed by atoms with Crippen molar-refractivity contribution < 1.29 is 4.79 Å². The van der Waals surface area contributed by atoms with Crippen molar-refractivity contribution in [2.45, 2.75) is 40.0 Å². The topological polar surface area (TPSA) is 41.5 Å². The molecule has 3 heteroatoms. The number of benzene rings is 2. The first-order chi connectivity index (χ1) is 11.3. The number of hydrazone groups is 1. The SMILES string of the molecule is CC(C)/C(=N\NC(=O)c1ccc(C(C)(C)C)cc1)c1ccccc1. The molecule has 126 valence electrons. The van der Waals surface area contributed by atoms with Gasteiger partial charge in [-0.3, -0.25) is 4.79 Å². The van der Waals surface area contributed by atoms with Crippen molar-refractivity contribution in [1.82, 2.24) is 5.43 Å². The highest BCUT2D eigenvalue weighted by Crippen LogP contribution is 2.22. The van der Waals surface area contributed by atoms with Gasteiger partial charge in [-0.15, -0.1) is 0 Å². The first-order valence-corrected chi connectivity index (χ1v) is 8.33. The molecule has 3 nitrogen and oxygen atoms in total. The molecule has 0 aliphatic heterocycles. The normalized spacial score (nSPS) is 12.3. The van der Waals surface area contributed by atoms with Crippen LogP contribution in [0.5, 0.6) is 0 Å². The fourth-order valence-electron chi connectivity index (χ4n) is 2.43. The number of hydrogen-bond acceptors (Lipinski definition) is 2. The number of nitrogens with one attached hydrogen (secondary N) is 1. The quantitative estimate of drug-likeness (QED) is 0.639. The molecule has 0 saturated carbocycles. The molecule has 0 aliphatic rings. The van der Waals surface area contributed by atoms with Gasteiger partial charge in [-0.1, -0.05) is 77.1 Å². The lowest BCUT2D eigenvalue weighted by Gasteiger charge is -2.19. The van der Waals surface area contributed by atoms with E-state index in [0.29, 0.717) is 5.56 Å². The Morgan fingerprint density at radius 1 is 0.917 bits per heavy atom. The van der Waals surface area contributed by atoms with Crippen LogP contribution >= 0.6 is 0 Å². The number of carbonyl (C=O) groups excluding carboxylic acids is 1. The van der Waals surface area contributed by atoms with E-state index in [1.165, 1.54) is 5.56 Å². The zero-order valence-electron chi connectivity index (χ0n) is 15.1. The minimum Gasteiger partial charge on any atom is -0.267 e. The number of nitrogens with zero attached hydrogens (tertiary/aromatic N) is 1. The summed E-state index contributed by atoms with van der Waals surface area (Å²) in [5.74, 6) is 0.0282. The molecule has 2 aromatic rings. The van der Waals surface area contributed by atoms with E-state index in [2.05, 4.69) is 45.1 Å². The van der Waals surface area contributed by atoms with Gasteiger partial charge in [-0.2, -0.15) is 5.10 Å². The number of amides is 1. The minimum absolute atomic E-state index is 0.0747. The predicted octanol–water partition coefficient (Wildman–Crippen LogP) is 4.77. The minimum atomic E-state index is -0.190. The van der Waals surface area contributed by atoms with E-state index >= 15 is 0 Å². The fraction of sp³-hybridized carbons (Fsp3) is 0.333. The molecule has 0 aliphatic carbocycles. The lowest BCUT2D eigenvalue weighted by molar-refractivity contribution is 0.0954. The van der Waals surface area contributed by atoms with Crippen LogP contribution < -0.4 is 5.43 Å². The summed E-state index contributed by atoms with van der Waals surface area (Å²) in [6.45, 7) is 10.6. The Balaban J connectivity index is 2.16. The predicted molar refractivity (Wildman–Crippen MR) is 100 cm³/mol. The average molecular weight is 322 g/mol. The zero-order valence-corrected chi connectivity index (χ0v) is 15.1. The lowest BCUT2D eigenvalue weighted by atomic mass is 9.87. The Morgan fingerprint density at radius 2 is 1.50 bits per heavy atom. The van der Waals surface area contributed by atoms with Gasteiger partial charge in [0.15, 0.2) is 0 Å². The van der Waals surface area contributed by atoms with Crippen LogP contribution in [0.3, 0.4) is 0 Å². The Morgan fingerprint density at radius 3 is 2.00 bits per heavy atom. The number of rotatable bonds is 4. The van der Waals surface area contributed by atoms with E-state index < -0.39 is 0 Å². The van der Waals surface area contributed by atoms with Crippen LogP contribution in [-0.4, -0.2) is 11.6 Å². The summed E-state index contributed by atoms with van der Waals surface area (Å²) in [5, 5.41) is 4.36. The Bertz CT molecular complexity index is 708. The highest BCUT2D eigenvalue weighted by atomic mass is 16.2. The first kappa shape index (κ1) is 17.9. The molecule has 24 heavy (non-hydrogen) atoms. The molecule has 0 fully saturated rings. The molecule has 2 rings (SSSR count). The Hall–Kier alpha value is -2.42. The van der Waals surface area contributed by atoms with Gasteiger partial charge in [-0.05, 0) is 34.6 Å². The first-order valence-electron chi connectivity index (χ1n) is 8.33. The van der Waals surface area contributed by atoms with Crippen LogP contribution in [0, 0.1) is 5.92 Å². The van der Waals surface area contributed by atoms with Crippen molar-refractivity contribution in [3.8, 4) is 0 Å². The van der Waals surface area contributed by atoms with Crippen molar-refractivity contribution in [3.63, 3.8) is 0 Å². The van der Waals surface area contributed by atoms with Crippen LogP contribution in [0.2, 0.25) is 0 Å². The van der Waals surface area contributed by atoms with E-state index in [-0.39, 0.29) is 17.2 Å². The van der Waals surface area contributed by atoms with E-state index in [4.69, 9.17) is 0 Å². The molecule has 0 bridgehead atoms. The molecule has 0 unspecified atom stereocenters. The van der Waals surface area contributed by atoms with Gasteiger partial charge < -0.3 is 0 Å². The highest BCUT2D eigenvalue weighted by molar-refractivity contribution is 6.03. The van der Waals surface area contributed by atoms with Crippen molar-refractivity contribution in [1.29, 1.82) is 0 Å². The summed E-state index contributed by atoms with van der Waals surface area (Å²) in [6.07, 6.45) is 0. The van der Waals surface area contributed by atoms with Crippen LogP contribution in [0.25, 0.3) is 0 Å². The van der Waals surface area contributed by atoms with Crippen molar-refractivity contribution in [3.05, 3.63) is 71.3 Å². The van der Waals surface area contributed by atoms with Crippen molar-refractivity contribution >= 4 is 11.6 Å². The summed E-state index contributed by atoms with van der Waals surface area (Å²) in [4.78, 5) is 12.3. The lowest BCUT2D eigenvalue weighted by Crippen LogP contribution is -2.22. The Labute approximate surface area is 144 Å². The molecule has 0 saturated heterocycles. The highest BCUT2D eigenvalue weighted by Gasteiger charge is 2.14. The van der Waals surface area contributed by atoms with Crippen molar-refractivity contribution in [2.75, 3.05) is 0 Å². The second kappa shape index (κ2) is 7.43. The van der Waals surface area contributed by atoms with Gasteiger partial charge >= 0.3 is 0 Å². The van der Waals surface area contributed by atoms with Crippen molar-refractivity contribution in [2.24, 2.45) is 11.0 Å². The molecule has 1 N–H and O–H groups in total. The standard InChI is InChI=1S/C21H26N2O/c1-15(2)19(16-9-7-6-8-10-16)22-23-20(24)17-11-13-18(14-12-17)21(3,4)5/h6-15H,1-5H3,(H,23,24)/b22-19+. The number of hydrogen-bond donors (Lipinski definition) is 1. The van der Waals surface area contributed by atoms with Gasteiger partial charge in [0.1, 0.15) is 0 Å². The molecule has 0 atom stereocenters. The fourth-order valence-corrected chi connectivity index (χ4v) is 2.43. The molecule has 0 spiro atoms. The van der Waals surface area contributed by atoms with Crippen LogP contribution in [-0.2, 0) is 5.41 Å². The maximum Gasteiger partial charge on any atom is 0.271 e. The second-order valence-electron chi connectivity index (χ2n) is 7.29. The zero-order chi connectivity index (χ0) is 17.7. The second-order valence-corrected chi connectivity index (χ2v) is 7.29. The largest absolute Gasteiger partial charge is 0.271 e. The summed E-state index contributed by atoms with van der Waals surface area (Å²) in [7, 11) is 0. The molecule has 2 aromatic carbocycles. The molecular weight excluding hydrogens is 296 g/mol. The van der Waals surface area contributed by atoms with E-state index in [1.54, 1.807) is 0 Å².